The molecular weight excluding hydrogens is 326 g/mol. The number of fused-ring (bicyclic) bond motifs is 4. The molecule has 0 aromatic heterocycles. The SMILES string of the molecule is Cc1c(C)c(P(=O)(O)O)c(P(=O)(O)O)c2c1-c1ccccc1-2. The van der Waals surface area contributed by atoms with Gasteiger partial charge >= 0.3 is 15.2 Å². The van der Waals surface area contributed by atoms with Crippen molar-refractivity contribution >= 4 is 25.8 Å². The number of hydrogen-bond donors (Lipinski definition) is 4. The monoisotopic (exact) mass is 340 g/mol. The van der Waals surface area contributed by atoms with Gasteiger partial charge in [0.1, 0.15) is 0 Å². The van der Waals surface area contributed by atoms with E-state index in [-0.39, 0.29) is 11.1 Å². The molecule has 22 heavy (non-hydrogen) atoms. The van der Waals surface area contributed by atoms with Crippen LogP contribution in [0.2, 0.25) is 0 Å². The van der Waals surface area contributed by atoms with Gasteiger partial charge in [-0.2, -0.15) is 0 Å². The summed E-state index contributed by atoms with van der Waals surface area (Å²) in [6, 6.07) is 7.04. The zero-order valence-electron chi connectivity index (χ0n) is 11.8. The number of benzene rings is 2. The molecule has 2 aromatic carbocycles. The van der Waals surface area contributed by atoms with Gasteiger partial charge < -0.3 is 19.6 Å². The smallest absolute Gasteiger partial charge is 0.321 e. The fraction of sp³-hybridized carbons (Fsp3) is 0.143. The molecule has 0 atom stereocenters. The summed E-state index contributed by atoms with van der Waals surface area (Å²) in [6.45, 7) is 3.18. The van der Waals surface area contributed by atoms with E-state index < -0.39 is 25.8 Å². The molecule has 116 valence electrons. The van der Waals surface area contributed by atoms with Gasteiger partial charge in [0.25, 0.3) is 0 Å². The first-order chi connectivity index (χ1) is 10.0. The van der Waals surface area contributed by atoms with Gasteiger partial charge in [0, 0.05) is 5.56 Å². The van der Waals surface area contributed by atoms with Crippen molar-refractivity contribution in [3.63, 3.8) is 0 Å². The molecule has 1 aliphatic rings. The van der Waals surface area contributed by atoms with Crippen LogP contribution in [-0.4, -0.2) is 19.6 Å². The van der Waals surface area contributed by atoms with Gasteiger partial charge in [-0.25, -0.2) is 0 Å². The average molecular weight is 340 g/mol. The van der Waals surface area contributed by atoms with Crippen LogP contribution < -0.4 is 10.6 Å². The Morgan fingerprint density at radius 2 is 1.18 bits per heavy atom. The predicted octanol–water partition coefficient (Wildman–Crippen LogP) is 1.56. The molecule has 0 unspecified atom stereocenters. The Labute approximate surface area is 126 Å². The van der Waals surface area contributed by atoms with E-state index in [1.807, 2.05) is 12.1 Å². The standard InChI is InChI=1S/C14H14O6P2/c1-7-8(2)13(21(15,16)17)14(22(18,19)20)12-10-6-4-3-5-9(10)11(7)12/h3-6H,1-2H3,(H2,15,16,17)(H2,18,19,20). The summed E-state index contributed by atoms with van der Waals surface area (Å²) in [7, 11) is -9.69. The maximum atomic E-state index is 11.9. The van der Waals surface area contributed by atoms with Crippen molar-refractivity contribution in [1.29, 1.82) is 0 Å². The second-order valence-corrected chi connectivity index (χ2v) is 8.40. The van der Waals surface area contributed by atoms with Crippen LogP contribution in [0.5, 0.6) is 0 Å². The third-order valence-electron chi connectivity index (χ3n) is 4.05. The Bertz CT molecular complexity index is 906. The molecule has 0 heterocycles. The van der Waals surface area contributed by atoms with Gasteiger partial charge in [-0.05, 0) is 41.7 Å². The molecule has 0 amide bonds. The van der Waals surface area contributed by atoms with Crippen molar-refractivity contribution in [2.45, 2.75) is 13.8 Å². The van der Waals surface area contributed by atoms with Gasteiger partial charge in [-0.1, -0.05) is 24.3 Å². The second kappa shape index (κ2) is 4.62. The topological polar surface area (TPSA) is 115 Å². The molecule has 1 aliphatic carbocycles. The summed E-state index contributed by atoms with van der Waals surface area (Å²) in [5, 5.41) is -1.09. The van der Waals surface area contributed by atoms with E-state index in [2.05, 4.69) is 0 Å². The lowest BCUT2D eigenvalue weighted by molar-refractivity contribution is 0.381. The highest BCUT2D eigenvalue weighted by Crippen LogP contribution is 2.54. The zero-order valence-corrected chi connectivity index (χ0v) is 13.6. The lowest BCUT2D eigenvalue weighted by Crippen LogP contribution is -2.33. The molecule has 0 saturated carbocycles. The Morgan fingerprint density at radius 1 is 0.727 bits per heavy atom. The minimum absolute atomic E-state index is 0.222. The van der Waals surface area contributed by atoms with E-state index in [0.717, 1.165) is 5.56 Å². The van der Waals surface area contributed by atoms with Crippen molar-refractivity contribution in [3.8, 4) is 22.3 Å². The summed E-state index contributed by atoms with van der Waals surface area (Å²) < 4.78 is 23.8. The summed E-state index contributed by atoms with van der Waals surface area (Å²) in [5.41, 5.74) is 3.21. The zero-order chi connectivity index (χ0) is 16.4. The van der Waals surface area contributed by atoms with E-state index >= 15 is 0 Å². The van der Waals surface area contributed by atoms with Crippen LogP contribution in [0.4, 0.5) is 0 Å². The second-order valence-electron chi connectivity index (χ2n) is 5.33. The molecule has 0 spiro atoms. The lowest BCUT2D eigenvalue weighted by Gasteiger charge is -2.32. The normalized spacial score (nSPS) is 13.4. The van der Waals surface area contributed by atoms with Crippen LogP contribution in [-0.2, 0) is 9.13 Å². The highest BCUT2D eigenvalue weighted by molar-refractivity contribution is 7.67. The largest absolute Gasteiger partial charge is 0.357 e. The maximum Gasteiger partial charge on any atom is 0.357 e. The van der Waals surface area contributed by atoms with Crippen LogP contribution >= 0.6 is 15.2 Å². The fourth-order valence-corrected chi connectivity index (χ4v) is 5.80. The predicted molar refractivity (Wildman–Crippen MR) is 83.7 cm³/mol. The molecule has 0 radical (unpaired) electrons. The Hall–Kier alpha value is -1.26. The minimum atomic E-state index is -4.86. The Kier molecular flexibility index (Phi) is 3.28. The molecule has 8 heteroatoms. The van der Waals surface area contributed by atoms with Crippen molar-refractivity contribution < 1.29 is 28.7 Å². The summed E-state index contributed by atoms with van der Waals surface area (Å²) in [6.07, 6.45) is 0. The molecule has 3 rings (SSSR count). The number of rotatable bonds is 2. The van der Waals surface area contributed by atoms with E-state index in [1.54, 1.807) is 19.1 Å². The quantitative estimate of drug-likeness (QED) is 0.526. The first-order valence-corrected chi connectivity index (χ1v) is 9.66. The van der Waals surface area contributed by atoms with Gasteiger partial charge in [-0.15, -0.1) is 0 Å². The molecule has 0 fully saturated rings. The van der Waals surface area contributed by atoms with Crippen LogP contribution in [0, 0.1) is 13.8 Å². The maximum absolute atomic E-state index is 11.9. The molecule has 0 bridgehead atoms. The third-order valence-corrected chi connectivity index (χ3v) is 6.40. The lowest BCUT2D eigenvalue weighted by atomic mass is 9.77. The summed E-state index contributed by atoms with van der Waals surface area (Å²) >= 11 is 0. The van der Waals surface area contributed by atoms with Crippen LogP contribution in [0.15, 0.2) is 24.3 Å². The van der Waals surface area contributed by atoms with Crippen molar-refractivity contribution in [1.82, 2.24) is 0 Å². The highest BCUT2D eigenvalue weighted by Gasteiger charge is 2.41. The van der Waals surface area contributed by atoms with Gasteiger partial charge in [0.15, 0.2) is 0 Å². The molecular formula is C14H14O6P2. The van der Waals surface area contributed by atoms with Crippen molar-refractivity contribution in [2.75, 3.05) is 0 Å². The molecule has 4 N–H and O–H groups in total. The Balaban J connectivity index is 2.53. The first kappa shape index (κ1) is 15.6. The third kappa shape index (κ3) is 2.04. The summed E-state index contributed by atoms with van der Waals surface area (Å²) in [4.78, 5) is 38.5. The van der Waals surface area contributed by atoms with Gasteiger partial charge in [0.05, 0.1) is 10.6 Å². The van der Waals surface area contributed by atoms with E-state index in [9.17, 15) is 28.7 Å². The van der Waals surface area contributed by atoms with Crippen LogP contribution in [0.3, 0.4) is 0 Å². The minimum Gasteiger partial charge on any atom is -0.321 e. The summed E-state index contributed by atoms with van der Waals surface area (Å²) in [5.74, 6) is 0. The van der Waals surface area contributed by atoms with Crippen molar-refractivity contribution in [2.24, 2.45) is 0 Å². The first-order valence-electron chi connectivity index (χ1n) is 6.44. The van der Waals surface area contributed by atoms with Crippen LogP contribution in [0.1, 0.15) is 11.1 Å². The fourth-order valence-electron chi connectivity index (χ4n) is 3.06. The average Bonchev–Trinajstić information content (AvgIpc) is 2.35. The molecule has 0 aliphatic heterocycles. The van der Waals surface area contributed by atoms with Crippen LogP contribution in [0.25, 0.3) is 22.3 Å². The van der Waals surface area contributed by atoms with Gasteiger partial charge in [0.2, 0.25) is 0 Å². The molecule has 0 saturated heterocycles. The highest BCUT2D eigenvalue weighted by atomic mass is 31.2. The van der Waals surface area contributed by atoms with Gasteiger partial charge in [-0.3, -0.25) is 9.13 Å². The Morgan fingerprint density at radius 3 is 1.64 bits per heavy atom. The van der Waals surface area contributed by atoms with Crippen molar-refractivity contribution in [3.05, 3.63) is 35.4 Å². The molecule has 6 nitrogen and oxygen atoms in total. The number of hydrogen-bond acceptors (Lipinski definition) is 2. The van der Waals surface area contributed by atoms with E-state index in [0.29, 0.717) is 16.7 Å². The molecule has 2 aromatic rings. The van der Waals surface area contributed by atoms with E-state index in [4.69, 9.17) is 0 Å². The van der Waals surface area contributed by atoms with E-state index in [1.165, 1.54) is 6.92 Å².